The third kappa shape index (κ3) is 5.64. The van der Waals surface area contributed by atoms with E-state index in [9.17, 15) is 4.79 Å². The molecule has 19 heavy (non-hydrogen) atoms. The van der Waals surface area contributed by atoms with Crippen molar-refractivity contribution in [2.24, 2.45) is 0 Å². The molecule has 1 atom stereocenters. The number of hydrogen-bond donors (Lipinski definition) is 2. The lowest BCUT2D eigenvalue weighted by atomic mass is 10.2. The summed E-state index contributed by atoms with van der Waals surface area (Å²) in [5, 5.41) is 6.31. The normalized spacial score (nSPS) is 19.6. The van der Waals surface area contributed by atoms with Crippen LogP contribution in [0.1, 0.15) is 6.92 Å². The number of amides is 1. The third-order valence-corrected chi connectivity index (χ3v) is 3.60. The van der Waals surface area contributed by atoms with Crippen LogP contribution in [-0.2, 0) is 4.79 Å². The van der Waals surface area contributed by atoms with Crippen molar-refractivity contribution in [3.05, 3.63) is 27.8 Å². The maximum absolute atomic E-state index is 11.9. The summed E-state index contributed by atoms with van der Waals surface area (Å²) in [7, 11) is 0. The Morgan fingerprint density at radius 1 is 1.58 bits per heavy atom. The summed E-state index contributed by atoms with van der Waals surface area (Å²) in [5.74, 6) is 0.0612. The molecule has 1 aromatic carbocycles. The van der Waals surface area contributed by atoms with E-state index in [1.54, 1.807) is 0 Å². The van der Waals surface area contributed by atoms with Gasteiger partial charge in [0.25, 0.3) is 0 Å². The van der Waals surface area contributed by atoms with Crippen LogP contribution in [0.5, 0.6) is 0 Å². The molecular formula is C13H19ClIN3O. The average molecular weight is 396 g/mol. The maximum atomic E-state index is 11.9. The summed E-state index contributed by atoms with van der Waals surface area (Å²) < 4.78 is 1.13. The minimum atomic E-state index is 0. The minimum Gasteiger partial charge on any atom is -0.325 e. The molecule has 1 amide bonds. The van der Waals surface area contributed by atoms with E-state index in [1.165, 1.54) is 0 Å². The summed E-state index contributed by atoms with van der Waals surface area (Å²) in [4.78, 5) is 14.1. The van der Waals surface area contributed by atoms with Gasteiger partial charge in [0, 0.05) is 34.9 Å². The number of piperazine rings is 1. The predicted octanol–water partition coefficient (Wildman–Crippen LogP) is 1.95. The van der Waals surface area contributed by atoms with Gasteiger partial charge in [-0.3, -0.25) is 9.69 Å². The molecule has 1 heterocycles. The van der Waals surface area contributed by atoms with E-state index in [2.05, 4.69) is 45.0 Å². The van der Waals surface area contributed by atoms with Gasteiger partial charge >= 0.3 is 0 Å². The molecule has 1 aliphatic heterocycles. The van der Waals surface area contributed by atoms with Crippen LogP contribution in [0, 0.1) is 3.57 Å². The number of nitrogens with one attached hydrogen (secondary N) is 2. The molecule has 0 radical (unpaired) electrons. The number of hydrogen-bond acceptors (Lipinski definition) is 3. The molecule has 1 fully saturated rings. The lowest BCUT2D eigenvalue weighted by Crippen LogP contribution is -2.51. The van der Waals surface area contributed by atoms with Crippen molar-refractivity contribution in [2.75, 3.05) is 31.5 Å². The first-order valence-corrected chi connectivity index (χ1v) is 7.22. The Kier molecular flexibility index (Phi) is 7.06. The Morgan fingerprint density at radius 2 is 2.37 bits per heavy atom. The predicted molar refractivity (Wildman–Crippen MR) is 88.9 cm³/mol. The van der Waals surface area contributed by atoms with Crippen molar-refractivity contribution in [3.63, 3.8) is 0 Å². The molecule has 0 aliphatic carbocycles. The lowest BCUT2D eigenvalue weighted by Gasteiger charge is -2.31. The van der Waals surface area contributed by atoms with Gasteiger partial charge in [-0.2, -0.15) is 0 Å². The van der Waals surface area contributed by atoms with Crippen molar-refractivity contribution in [1.29, 1.82) is 0 Å². The van der Waals surface area contributed by atoms with Gasteiger partial charge in [-0.25, -0.2) is 0 Å². The molecule has 0 saturated carbocycles. The molecule has 6 heteroatoms. The summed E-state index contributed by atoms with van der Waals surface area (Å²) in [6.07, 6.45) is 0. The number of benzene rings is 1. The number of anilines is 1. The van der Waals surface area contributed by atoms with Crippen LogP contribution in [0.25, 0.3) is 0 Å². The number of carbonyl (C=O) groups excluding carboxylic acids is 1. The van der Waals surface area contributed by atoms with E-state index >= 15 is 0 Å². The summed E-state index contributed by atoms with van der Waals surface area (Å²) in [6.45, 7) is 5.43. The Labute approximate surface area is 133 Å². The average Bonchev–Trinajstić information content (AvgIpc) is 2.28. The number of carbonyl (C=O) groups is 1. The fourth-order valence-electron chi connectivity index (χ4n) is 2.13. The quantitative estimate of drug-likeness (QED) is 0.769. The molecule has 4 nitrogen and oxygen atoms in total. The number of halogens is 2. The molecule has 0 spiro atoms. The first-order valence-electron chi connectivity index (χ1n) is 6.14. The molecule has 1 aromatic rings. The Morgan fingerprint density at radius 3 is 3.05 bits per heavy atom. The standard InChI is InChI=1S/C13H18IN3O.ClH/c1-10-8-17(6-5-15-10)9-13(18)16-12-4-2-3-11(14)7-12;/h2-4,7,10,15H,5-6,8-9H2,1H3,(H,16,18);1H. The Bertz CT molecular complexity index is 430. The second kappa shape index (κ2) is 8.04. The molecule has 0 bridgehead atoms. The fourth-order valence-corrected chi connectivity index (χ4v) is 2.67. The molecular weight excluding hydrogens is 377 g/mol. The van der Waals surface area contributed by atoms with Gasteiger partial charge in [-0.15, -0.1) is 12.4 Å². The fraction of sp³-hybridized carbons (Fsp3) is 0.462. The van der Waals surface area contributed by atoms with Gasteiger partial charge < -0.3 is 10.6 Å². The molecule has 2 N–H and O–H groups in total. The van der Waals surface area contributed by atoms with Crippen LogP contribution < -0.4 is 10.6 Å². The van der Waals surface area contributed by atoms with Gasteiger partial charge in [0.2, 0.25) is 5.91 Å². The van der Waals surface area contributed by atoms with E-state index in [4.69, 9.17) is 0 Å². The van der Waals surface area contributed by atoms with E-state index in [0.29, 0.717) is 12.6 Å². The third-order valence-electron chi connectivity index (χ3n) is 2.93. The Hall–Kier alpha value is -0.370. The SMILES string of the molecule is CC1CN(CC(=O)Nc2cccc(I)c2)CCN1.Cl. The highest BCUT2D eigenvalue weighted by molar-refractivity contribution is 14.1. The zero-order valence-electron chi connectivity index (χ0n) is 10.9. The van der Waals surface area contributed by atoms with E-state index < -0.39 is 0 Å². The van der Waals surface area contributed by atoms with Gasteiger partial charge in [-0.05, 0) is 47.7 Å². The van der Waals surface area contributed by atoms with Crippen molar-refractivity contribution in [2.45, 2.75) is 13.0 Å². The summed E-state index contributed by atoms with van der Waals surface area (Å²) in [6, 6.07) is 8.31. The topological polar surface area (TPSA) is 44.4 Å². The van der Waals surface area contributed by atoms with Crippen LogP contribution in [0.2, 0.25) is 0 Å². The van der Waals surface area contributed by atoms with Crippen LogP contribution in [0.4, 0.5) is 5.69 Å². The maximum Gasteiger partial charge on any atom is 0.238 e. The van der Waals surface area contributed by atoms with Crippen LogP contribution >= 0.6 is 35.0 Å². The van der Waals surface area contributed by atoms with E-state index in [1.807, 2.05) is 24.3 Å². The smallest absolute Gasteiger partial charge is 0.238 e. The lowest BCUT2D eigenvalue weighted by molar-refractivity contribution is -0.117. The summed E-state index contributed by atoms with van der Waals surface area (Å²) in [5.41, 5.74) is 0.870. The molecule has 1 aliphatic rings. The monoisotopic (exact) mass is 395 g/mol. The second-order valence-corrected chi connectivity index (χ2v) is 5.89. The van der Waals surface area contributed by atoms with Crippen molar-refractivity contribution < 1.29 is 4.79 Å². The highest BCUT2D eigenvalue weighted by Gasteiger charge is 2.17. The van der Waals surface area contributed by atoms with E-state index in [0.717, 1.165) is 28.9 Å². The van der Waals surface area contributed by atoms with Gasteiger partial charge in [0.05, 0.1) is 6.54 Å². The first-order chi connectivity index (χ1) is 8.63. The number of rotatable bonds is 3. The molecule has 1 unspecified atom stereocenters. The molecule has 2 rings (SSSR count). The highest BCUT2D eigenvalue weighted by Crippen LogP contribution is 2.12. The van der Waals surface area contributed by atoms with Crippen molar-refractivity contribution in [3.8, 4) is 0 Å². The molecule has 1 saturated heterocycles. The molecule has 106 valence electrons. The van der Waals surface area contributed by atoms with E-state index in [-0.39, 0.29) is 18.3 Å². The zero-order chi connectivity index (χ0) is 13.0. The zero-order valence-corrected chi connectivity index (χ0v) is 13.8. The Balaban J connectivity index is 0.00000180. The van der Waals surface area contributed by atoms with Crippen LogP contribution in [0.3, 0.4) is 0 Å². The molecule has 0 aromatic heterocycles. The first kappa shape index (κ1) is 16.7. The summed E-state index contributed by atoms with van der Waals surface area (Å²) >= 11 is 2.24. The largest absolute Gasteiger partial charge is 0.325 e. The van der Waals surface area contributed by atoms with Gasteiger partial charge in [0.15, 0.2) is 0 Å². The highest BCUT2D eigenvalue weighted by atomic mass is 127. The van der Waals surface area contributed by atoms with Gasteiger partial charge in [-0.1, -0.05) is 6.07 Å². The van der Waals surface area contributed by atoms with Crippen LogP contribution in [-0.4, -0.2) is 43.0 Å². The second-order valence-electron chi connectivity index (χ2n) is 4.65. The minimum absolute atomic E-state index is 0. The number of nitrogens with zero attached hydrogens (tertiary/aromatic N) is 1. The van der Waals surface area contributed by atoms with Crippen molar-refractivity contribution in [1.82, 2.24) is 10.2 Å². The van der Waals surface area contributed by atoms with Crippen LogP contribution in [0.15, 0.2) is 24.3 Å². The van der Waals surface area contributed by atoms with Gasteiger partial charge in [0.1, 0.15) is 0 Å². The van der Waals surface area contributed by atoms with Crippen molar-refractivity contribution >= 4 is 46.6 Å².